The fourth-order valence-corrected chi connectivity index (χ4v) is 4.30. The van der Waals surface area contributed by atoms with Gasteiger partial charge < -0.3 is 9.80 Å². The van der Waals surface area contributed by atoms with E-state index >= 15 is 0 Å². The first kappa shape index (κ1) is 16.1. The number of halogens is 1. The smallest absolute Gasteiger partial charge is 0.270 e. The van der Waals surface area contributed by atoms with Crippen LogP contribution in [0.4, 0.5) is 16.5 Å². The van der Waals surface area contributed by atoms with Crippen LogP contribution in [-0.4, -0.2) is 36.1 Å². The minimum atomic E-state index is -0.374. The zero-order valence-corrected chi connectivity index (χ0v) is 14.8. The van der Waals surface area contributed by atoms with Crippen LogP contribution in [0.2, 0.25) is 5.02 Å². The number of hydrogen-bond acceptors (Lipinski definition) is 6. The van der Waals surface area contributed by atoms with E-state index in [1.165, 1.54) is 17.4 Å². The molecule has 0 amide bonds. The van der Waals surface area contributed by atoms with Gasteiger partial charge in [-0.2, -0.15) is 0 Å². The van der Waals surface area contributed by atoms with Gasteiger partial charge in [0.2, 0.25) is 0 Å². The van der Waals surface area contributed by atoms with Crippen molar-refractivity contribution in [2.24, 2.45) is 0 Å². The molecule has 6 nitrogen and oxygen atoms in total. The molecule has 0 N–H and O–H groups in total. The van der Waals surface area contributed by atoms with E-state index in [0.717, 1.165) is 52.2 Å². The first-order valence-electron chi connectivity index (χ1n) is 7.91. The van der Waals surface area contributed by atoms with Crippen LogP contribution in [0.5, 0.6) is 0 Å². The molecule has 0 spiro atoms. The number of nitro benzene ring substituents is 1. The van der Waals surface area contributed by atoms with Crippen LogP contribution < -0.4 is 9.80 Å². The Bertz CT molecular complexity index is 937. The molecule has 0 radical (unpaired) electrons. The molecule has 1 saturated heterocycles. The van der Waals surface area contributed by atoms with Crippen LogP contribution >= 0.6 is 22.9 Å². The Balaban J connectivity index is 1.51. The molecule has 8 heteroatoms. The summed E-state index contributed by atoms with van der Waals surface area (Å²) >= 11 is 7.79. The molecule has 4 rings (SSSR count). The van der Waals surface area contributed by atoms with E-state index in [4.69, 9.17) is 11.6 Å². The average molecular weight is 375 g/mol. The third-order valence-corrected chi connectivity index (χ3v) is 5.71. The Kier molecular flexibility index (Phi) is 4.19. The Morgan fingerprint density at radius 3 is 2.52 bits per heavy atom. The highest BCUT2D eigenvalue weighted by Crippen LogP contribution is 2.33. The summed E-state index contributed by atoms with van der Waals surface area (Å²) in [4.78, 5) is 19.7. The second-order valence-electron chi connectivity index (χ2n) is 5.83. The van der Waals surface area contributed by atoms with Crippen molar-refractivity contribution in [2.75, 3.05) is 36.0 Å². The van der Waals surface area contributed by atoms with Crippen LogP contribution in [0.15, 0.2) is 42.5 Å². The summed E-state index contributed by atoms with van der Waals surface area (Å²) in [7, 11) is 0. The first-order valence-corrected chi connectivity index (χ1v) is 9.11. The van der Waals surface area contributed by atoms with Crippen LogP contribution in [0, 0.1) is 10.1 Å². The van der Waals surface area contributed by atoms with E-state index in [2.05, 4.69) is 14.8 Å². The van der Waals surface area contributed by atoms with Crippen molar-refractivity contribution >= 4 is 49.7 Å². The van der Waals surface area contributed by atoms with E-state index in [1.54, 1.807) is 12.1 Å². The number of aromatic nitrogens is 1. The normalized spacial score (nSPS) is 14.9. The van der Waals surface area contributed by atoms with E-state index < -0.39 is 0 Å². The number of benzene rings is 2. The lowest BCUT2D eigenvalue weighted by atomic mass is 10.2. The molecule has 2 heterocycles. The molecule has 1 aliphatic heterocycles. The van der Waals surface area contributed by atoms with E-state index in [9.17, 15) is 10.1 Å². The maximum Gasteiger partial charge on any atom is 0.270 e. The lowest BCUT2D eigenvalue weighted by Crippen LogP contribution is -2.46. The maximum absolute atomic E-state index is 10.9. The summed E-state index contributed by atoms with van der Waals surface area (Å²) in [5.74, 6) is 0. The van der Waals surface area contributed by atoms with Gasteiger partial charge in [-0.3, -0.25) is 10.1 Å². The molecule has 0 bridgehead atoms. The number of hydrogen-bond donors (Lipinski definition) is 0. The largest absolute Gasteiger partial charge is 0.367 e. The van der Waals surface area contributed by atoms with Crippen LogP contribution in [0.3, 0.4) is 0 Å². The SMILES string of the molecule is O=[N+]([O-])c1ccc2nc(N3CCN(c4ccccc4Cl)CC3)sc2c1. The Labute approximate surface area is 153 Å². The van der Waals surface area contributed by atoms with Crippen LogP contribution in [0.25, 0.3) is 10.2 Å². The lowest BCUT2D eigenvalue weighted by molar-refractivity contribution is -0.384. The van der Waals surface area contributed by atoms with Gasteiger partial charge in [-0.25, -0.2) is 4.98 Å². The number of nitrogens with zero attached hydrogens (tertiary/aromatic N) is 4. The van der Waals surface area contributed by atoms with E-state index in [-0.39, 0.29) is 10.6 Å². The van der Waals surface area contributed by atoms with Crippen molar-refractivity contribution in [2.45, 2.75) is 0 Å². The molecule has 128 valence electrons. The number of nitro groups is 1. The second kappa shape index (κ2) is 6.50. The molecule has 1 fully saturated rings. The molecule has 0 saturated carbocycles. The Morgan fingerprint density at radius 1 is 1.08 bits per heavy atom. The van der Waals surface area contributed by atoms with Crippen molar-refractivity contribution in [3.63, 3.8) is 0 Å². The summed E-state index contributed by atoms with van der Waals surface area (Å²) in [6.45, 7) is 3.40. The van der Waals surface area contributed by atoms with Gasteiger partial charge in [0, 0.05) is 38.3 Å². The van der Waals surface area contributed by atoms with Gasteiger partial charge in [-0.1, -0.05) is 35.1 Å². The molecule has 0 aliphatic carbocycles. The van der Waals surface area contributed by atoms with Gasteiger partial charge in [0.15, 0.2) is 5.13 Å². The molecular formula is C17H15ClN4O2S. The summed E-state index contributed by atoms with van der Waals surface area (Å²) in [5.41, 5.74) is 1.97. The van der Waals surface area contributed by atoms with Gasteiger partial charge in [0.05, 0.1) is 25.8 Å². The number of piperazine rings is 1. The number of para-hydroxylation sites is 1. The van der Waals surface area contributed by atoms with Crippen LogP contribution in [-0.2, 0) is 0 Å². The van der Waals surface area contributed by atoms with Crippen molar-refractivity contribution in [3.05, 3.63) is 57.6 Å². The Morgan fingerprint density at radius 2 is 1.80 bits per heavy atom. The highest BCUT2D eigenvalue weighted by Gasteiger charge is 2.21. The van der Waals surface area contributed by atoms with Crippen molar-refractivity contribution in [1.29, 1.82) is 0 Å². The fourth-order valence-electron chi connectivity index (χ4n) is 3.00. The quantitative estimate of drug-likeness (QED) is 0.508. The molecule has 3 aromatic rings. The molecule has 2 aromatic carbocycles. The van der Waals surface area contributed by atoms with Crippen LogP contribution in [0.1, 0.15) is 0 Å². The third-order valence-electron chi connectivity index (χ3n) is 4.31. The zero-order valence-electron chi connectivity index (χ0n) is 13.3. The lowest BCUT2D eigenvalue weighted by Gasteiger charge is -2.36. The molecule has 1 aliphatic rings. The number of anilines is 2. The second-order valence-corrected chi connectivity index (χ2v) is 7.25. The third kappa shape index (κ3) is 3.12. The topological polar surface area (TPSA) is 62.5 Å². The molecule has 0 atom stereocenters. The van der Waals surface area contributed by atoms with Crippen molar-refractivity contribution in [1.82, 2.24) is 4.98 Å². The number of rotatable bonds is 3. The minimum absolute atomic E-state index is 0.103. The van der Waals surface area contributed by atoms with Gasteiger partial charge in [-0.15, -0.1) is 0 Å². The summed E-state index contributed by atoms with van der Waals surface area (Å²) in [6.07, 6.45) is 0. The predicted octanol–water partition coefficient (Wildman–Crippen LogP) is 4.18. The van der Waals surface area contributed by atoms with Crippen molar-refractivity contribution < 1.29 is 4.92 Å². The average Bonchev–Trinajstić information content (AvgIpc) is 3.05. The van der Waals surface area contributed by atoms with Gasteiger partial charge in [0.25, 0.3) is 5.69 Å². The van der Waals surface area contributed by atoms with Gasteiger partial charge in [-0.05, 0) is 18.2 Å². The predicted molar refractivity (Wildman–Crippen MR) is 102 cm³/mol. The molecule has 0 unspecified atom stereocenters. The van der Waals surface area contributed by atoms with Crippen molar-refractivity contribution in [3.8, 4) is 0 Å². The van der Waals surface area contributed by atoms with Gasteiger partial charge >= 0.3 is 0 Å². The standard InChI is InChI=1S/C17H15ClN4O2S/c18-13-3-1-2-4-15(13)20-7-9-21(10-8-20)17-19-14-6-5-12(22(23)24)11-16(14)25-17/h1-6,11H,7-10H2. The highest BCUT2D eigenvalue weighted by atomic mass is 35.5. The number of fused-ring (bicyclic) bond motifs is 1. The minimum Gasteiger partial charge on any atom is -0.367 e. The number of thiazole rings is 1. The number of non-ortho nitro benzene ring substituents is 1. The fraction of sp³-hybridized carbons (Fsp3) is 0.235. The molecule has 1 aromatic heterocycles. The monoisotopic (exact) mass is 374 g/mol. The highest BCUT2D eigenvalue weighted by molar-refractivity contribution is 7.22. The maximum atomic E-state index is 10.9. The molecule has 25 heavy (non-hydrogen) atoms. The summed E-state index contributed by atoms with van der Waals surface area (Å²) in [5, 5.41) is 12.6. The summed E-state index contributed by atoms with van der Waals surface area (Å²) < 4.78 is 0.845. The van der Waals surface area contributed by atoms with Gasteiger partial charge in [0.1, 0.15) is 0 Å². The van der Waals surface area contributed by atoms with E-state index in [1.807, 2.05) is 24.3 Å². The van der Waals surface area contributed by atoms with E-state index in [0.29, 0.717) is 0 Å². The Hall–Kier alpha value is -2.38. The summed E-state index contributed by atoms with van der Waals surface area (Å²) in [6, 6.07) is 12.7. The first-order chi connectivity index (χ1) is 12.1. The molecular weight excluding hydrogens is 360 g/mol. The zero-order chi connectivity index (χ0) is 17.4.